The van der Waals surface area contributed by atoms with Crippen molar-refractivity contribution in [2.24, 2.45) is 0 Å². The molecule has 0 amide bonds. The fourth-order valence-electron chi connectivity index (χ4n) is 4.79. The predicted molar refractivity (Wildman–Crippen MR) is 115 cm³/mol. The van der Waals surface area contributed by atoms with Crippen LogP contribution in [0, 0.1) is 6.92 Å². The average molecular weight is 406 g/mol. The summed E-state index contributed by atoms with van der Waals surface area (Å²) in [4.78, 5) is 6.37. The van der Waals surface area contributed by atoms with E-state index in [4.69, 9.17) is 4.42 Å². The van der Waals surface area contributed by atoms with Gasteiger partial charge in [-0.3, -0.25) is 0 Å². The lowest BCUT2D eigenvalue weighted by Crippen LogP contribution is -2.54. The minimum absolute atomic E-state index is 0.142. The van der Waals surface area contributed by atoms with Crippen molar-refractivity contribution in [3.8, 4) is 28.3 Å². The third-order valence-electron chi connectivity index (χ3n) is 6.43. The quantitative estimate of drug-likeness (QED) is 0.680. The number of nitrogens with zero attached hydrogens (tertiary/aromatic N) is 4. The van der Waals surface area contributed by atoms with Crippen LogP contribution in [0.2, 0.25) is 0 Å². The summed E-state index contributed by atoms with van der Waals surface area (Å²) >= 11 is 0. The van der Waals surface area contributed by atoms with E-state index >= 15 is 0 Å². The number of hydrogen-bond donors (Lipinski definition) is 2. The van der Waals surface area contributed by atoms with Crippen molar-refractivity contribution >= 4 is 5.82 Å². The van der Waals surface area contributed by atoms with E-state index in [0.717, 1.165) is 24.2 Å². The van der Waals surface area contributed by atoms with Gasteiger partial charge in [-0.15, -0.1) is 10.2 Å². The largest absolute Gasteiger partial charge is 0.507 e. The first-order valence-electron chi connectivity index (χ1n) is 10.7. The molecule has 2 saturated heterocycles. The molecule has 0 spiro atoms. The smallest absolute Gasteiger partial charge is 0.191 e. The molecular formula is C23H27N5O2. The molecule has 2 aliphatic heterocycles. The fraction of sp³-hybridized carbons (Fsp3) is 0.435. The number of aromatic hydroxyl groups is 1. The molecule has 7 heteroatoms. The zero-order chi connectivity index (χ0) is 20.7. The SMILES string of the molecule is Cc1ncc(-c2ccc(-c3ccc(N(C)C4C[C@H]5CCC[C@@H](C4)N5)nn3)c(O)c2)o1. The van der Waals surface area contributed by atoms with Crippen LogP contribution >= 0.6 is 0 Å². The van der Waals surface area contributed by atoms with Gasteiger partial charge in [0.2, 0.25) is 0 Å². The molecule has 4 heterocycles. The zero-order valence-electron chi connectivity index (χ0n) is 17.4. The van der Waals surface area contributed by atoms with Crippen LogP contribution in [0.15, 0.2) is 40.9 Å². The monoisotopic (exact) mass is 405 g/mol. The number of piperidine rings is 2. The Labute approximate surface area is 176 Å². The summed E-state index contributed by atoms with van der Waals surface area (Å²) in [6.07, 6.45) is 7.84. The second-order valence-corrected chi connectivity index (χ2v) is 8.48. The van der Waals surface area contributed by atoms with Gasteiger partial charge >= 0.3 is 0 Å². The second-order valence-electron chi connectivity index (χ2n) is 8.48. The van der Waals surface area contributed by atoms with Crippen LogP contribution in [0.4, 0.5) is 5.82 Å². The van der Waals surface area contributed by atoms with Gasteiger partial charge in [0, 0.05) is 43.2 Å². The van der Waals surface area contributed by atoms with Crippen molar-refractivity contribution in [3.63, 3.8) is 0 Å². The molecule has 2 bridgehead atoms. The molecule has 0 aliphatic carbocycles. The van der Waals surface area contributed by atoms with Crippen molar-refractivity contribution < 1.29 is 9.52 Å². The van der Waals surface area contributed by atoms with Gasteiger partial charge in [0.05, 0.1) is 11.9 Å². The highest BCUT2D eigenvalue weighted by Gasteiger charge is 2.33. The zero-order valence-corrected chi connectivity index (χ0v) is 17.4. The lowest BCUT2D eigenvalue weighted by Gasteiger charge is -2.43. The molecule has 7 nitrogen and oxygen atoms in total. The number of hydrogen-bond acceptors (Lipinski definition) is 7. The Kier molecular flexibility index (Phi) is 4.90. The molecule has 156 valence electrons. The maximum atomic E-state index is 10.5. The highest BCUT2D eigenvalue weighted by atomic mass is 16.4. The highest BCUT2D eigenvalue weighted by Crippen LogP contribution is 2.34. The molecular weight excluding hydrogens is 378 g/mol. The highest BCUT2D eigenvalue weighted by molar-refractivity contribution is 5.72. The van der Waals surface area contributed by atoms with Crippen molar-refractivity contribution in [1.82, 2.24) is 20.5 Å². The van der Waals surface area contributed by atoms with Crippen LogP contribution in [0.1, 0.15) is 38.0 Å². The number of benzene rings is 1. The van der Waals surface area contributed by atoms with Crippen molar-refractivity contribution in [3.05, 3.63) is 42.4 Å². The molecule has 30 heavy (non-hydrogen) atoms. The Morgan fingerprint density at radius 2 is 1.90 bits per heavy atom. The summed E-state index contributed by atoms with van der Waals surface area (Å²) in [6, 6.07) is 11.1. The first-order chi connectivity index (χ1) is 14.6. The molecule has 0 radical (unpaired) electrons. The van der Waals surface area contributed by atoms with Gasteiger partial charge in [-0.2, -0.15) is 0 Å². The summed E-state index contributed by atoms with van der Waals surface area (Å²) in [5.74, 6) is 2.24. The summed E-state index contributed by atoms with van der Waals surface area (Å²) in [6.45, 7) is 1.79. The van der Waals surface area contributed by atoms with E-state index in [1.807, 2.05) is 24.3 Å². The van der Waals surface area contributed by atoms with Crippen LogP contribution in [0.25, 0.3) is 22.6 Å². The summed E-state index contributed by atoms with van der Waals surface area (Å²) in [5, 5.41) is 23.1. The Morgan fingerprint density at radius 3 is 2.53 bits per heavy atom. The van der Waals surface area contributed by atoms with E-state index in [9.17, 15) is 5.11 Å². The molecule has 2 aromatic heterocycles. The number of rotatable bonds is 4. The van der Waals surface area contributed by atoms with Gasteiger partial charge in [0.25, 0.3) is 0 Å². The third-order valence-corrected chi connectivity index (χ3v) is 6.43. The number of oxazole rings is 1. The summed E-state index contributed by atoms with van der Waals surface area (Å²) < 4.78 is 5.54. The number of aromatic nitrogens is 3. The maximum absolute atomic E-state index is 10.5. The lowest BCUT2D eigenvalue weighted by molar-refractivity contribution is 0.219. The van der Waals surface area contributed by atoms with E-state index in [0.29, 0.717) is 41.0 Å². The van der Waals surface area contributed by atoms with Gasteiger partial charge in [0.15, 0.2) is 17.5 Å². The lowest BCUT2D eigenvalue weighted by atomic mass is 9.83. The van der Waals surface area contributed by atoms with Gasteiger partial charge in [-0.1, -0.05) is 12.5 Å². The van der Waals surface area contributed by atoms with Gasteiger partial charge in [0.1, 0.15) is 5.75 Å². The molecule has 0 saturated carbocycles. The Bertz CT molecular complexity index is 1020. The van der Waals surface area contributed by atoms with Crippen LogP contribution in [-0.2, 0) is 0 Å². The fourth-order valence-corrected chi connectivity index (χ4v) is 4.79. The van der Waals surface area contributed by atoms with E-state index in [2.05, 4.69) is 32.4 Å². The molecule has 2 aliphatic rings. The Hall–Kier alpha value is -2.93. The van der Waals surface area contributed by atoms with E-state index < -0.39 is 0 Å². The second kappa shape index (κ2) is 7.72. The van der Waals surface area contributed by atoms with Gasteiger partial charge in [-0.05, 0) is 49.9 Å². The number of aryl methyl sites for hydroxylation is 1. The Balaban J connectivity index is 1.33. The normalized spacial score (nSPS) is 23.3. The van der Waals surface area contributed by atoms with E-state index in [1.54, 1.807) is 19.2 Å². The topological polar surface area (TPSA) is 87.3 Å². The number of nitrogens with one attached hydrogen (secondary N) is 1. The summed E-state index contributed by atoms with van der Waals surface area (Å²) in [5.41, 5.74) is 2.07. The molecule has 3 atom stereocenters. The number of phenolic OH excluding ortho intramolecular Hbond substituents is 1. The maximum Gasteiger partial charge on any atom is 0.191 e. The minimum Gasteiger partial charge on any atom is -0.507 e. The van der Waals surface area contributed by atoms with Gasteiger partial charge < -0.3 is 19.7 Å². The third kappa shape index (κ3) is 3.65. The first-order valence-corrected chi connectivity index (χ1v) is 10.7. The number of fused-ring (bicyclic) bond motifs is 2. The first kappa shape index (κ1) is 19.1. The van der Waals surface area contributed by atoms with Crippen LogP contribution in [0.5, 0.6) is 5.75 Å². The van der Waals surface area contributed by atoms with Crippen molar-refractivity contribution in [1.29, 1.82) is 0 Å². The van der Waals surface area contributed by atoms with Crippen LogP contribution in [0.3, 0.4) is 0 Å². The predicted octanol–water partition coefficient (Wildman–Crippen LogP) is 3.92. The van der Waals surface area contributed by atoms with Crippen molar-refractivity contribution in [2.75, 3.05) is 11.9 Å². The van der Waals surface area contributed by atoms with Crippen LogP contribution in [-0.4, -0.2) is 45.5 Å². The van der Waals surface area contributed by atoms with E-state index in [-0.39, 0.29) is 5.75 Å². The average Bonchev–Trinajstić information content (AvgIpc) is 3.19. The molecule has 3 aromatic rings. The molecule has 2 N–H and O–H groups in total. The number of phenols is 1. The standard InChI is InChI=1S/C23H27N5O2/c1-14-24-13-22(30-14)15-6-7-19(21(29)10-15)20-8-9-23(27-26-20)28(2)18-11-16-4-3-5-17(12-18)25-16/h6-10,13,16-18,25,29H,3-5,11-12H2,1-2H3/t16-,17+,18?. The molecule has 5 rings (SSSR count). The number of anilines is 1. The minimum atomic E-state index is 0.142. The molecule has 1 unspecified atom stereocenters. The molecule has 2 fully saturated rings. The summed E-state index contributed by atoms with van der Waals surface area (Å²) in [7, 11) is 2.11. The van der Waals surface area contributed by atoms with E-state index in [1.165, 1.54) is 19.3 Å². The van der Waals surface area contributed by atoms with Gasteiger partial charge in [-0.25, -0.2) is 4.98 Å². The van der Waals surface area contributed by atoms with Crippen LogP contribution < -0.4 is 10.2 Å². The molecule has 1 aromatic carbocycles. The van der Waals surface area contributed by atoms with Crippen molar-refractivity contribution in [2.45, 2.75) is 57.2 Å². The Morgan fingerprint density at radius 1 is 1.10 bits per heavy atom.